The number of carbonyl (C=O) groups is 1. The molecule has 33 heavy (non-hydrogen) atoms. The zero-order chi connectivity index (χ0) is 23.4. The van der Waals surface area contributed by atoms with Gasteiger partial charge in [-0.15, -0.1) is 0 Å². The maximum absolute atomic E-state index is 12.7. The van der Waals surface area contributed by atoms with E-state index in [0.717, 1.165) is 50.9 Å². The van der Waals surface area contributed by atoms with Gasteiger partial charge in [0.15, 0.2) is 5.65 Å². The number of fused-ring (bicyclic) bond motifs is 1. The predicted octanol–water partition coefficient (Wildman–Crippen LogP) is 3.93. The number of amides is 1. The minimum Gasteiger partial charge on any atom is -0.497 e. The van der Waals surface area contributed by atoms with Crippen molar-refractivity contribution < 1.29 is 14.3 Å². The van der Waals surface area contributed by atoms with Crippen LogP contribution in [0, 0.1) is 13.8 Å². The van der Waals surface area contributed by atoms with Gasteiger partial charge in [-0.25, -0.2) is 9.50 Å². The molecule has 2 aromatic heterocycles. The molecule has 170 valence electrons. The Morgan fingerprint density at radius 3 is 2.55 bits per heavy atom. The van der Waals surface area contributed by atoms with Crippen LogP contribution in [-0.4, -0.2) is 41.3 Å². The van der Waals surface area contributed by atoms with Crippen molar-refractivity contribution in [2.75, 3.05) is 20.8 Å². The van der Waals surface area contributed by atoms with Crippen molar-refractivity contribution in [3.8, 4) is 22.8 Å². The predicted molar refractivity (Wildman–Crippen MR) is 128 cm³/mol. The minimum atomic E-state index is -0.0559. The molecule has 0 aliphatic heterocycles. The van der Waals surface area contributed by atoms with Gasteiger partial charge in [0, 0.05) is 35.1 Å². The molecule has 1 amide bonds. The summed E-state index contributed by atoms with van der Waals surface area (Å²) in [4.78, 5) is 17.4. The number of nitrogens with zero attached hydrogens (tertiary/aromatic N) is 3. The largest absolute Gasteiger partial charge is 0.497 e. The van der Waals surface area contributed by atoms with Crippen molar-refractivity contribution in [3.63, 3.8) is 0 Å². The van der Waals surface area contributed by atoms with E-state index in [9.17, 15) is 4.79 Å². The Morgan fingerprint density at radius 2 is 1.82 bits per heavy atom. The number of aryl methyl sites for hydroxylation is 2. The van der Waals surface area contributed by atoms with Crippen molar-refractivity contribution in [3.05, 3.63) is 77.1 Å². The fourth-order valence-electron chi connectivity index (χ4n) is 3.97. The SMILES string of the molecule is COc1ccc(OC)c(CCNC(=O)Cc2c(C)nc3cc(-c4ccccc4)nn3c2C)c1. The molecule has 2 aromatic carbocycles. The maximum atomic E-state index is 12.7. The molecule has 0 saturated carbocycles. The van der Waals surface area contributed by atoms with Gasteiger partial charge in [0.2, 0.25) is 5.91 Å². The van der Waals surface area contributed by atoms with Crippen LogP contribution in [0.1, 0.15) is 22.5 Å². The second-order valence-corrected chi connectivity index (χ2v) is 7.88. The van der Waals surface area contributed by atoms with Gasteiger partial charge in [0.1, 0.15) is 11.5 Å². The summed E-state index contributed by atoms with van der Waals surface area (Å²) < 4.78 is 12.5. The van der Waals surface area contributed by atoms with Gasteiger partial charge in [0.05, 0.1) is 26.3 Å². The van der Waals surface area contributed by atoms with Crippen LogP contribution >= 0.6 is 0 Å². The average molecular weight is 445 g/mol. The van der Waals surface area contributed by atoms with Crippen LogP contribution in [0.5, 0.6) is 11.5 Å². The highest BCUT2D eigenvalue weighted by molar-refractivity contribution is 5.79. The zero-order valence-corrected chi connectivity index (χ0v) is 19.4. The Labute approximate surface area is 193 Å². The van der Waals surface area contributed by atoms with Crippen LogP contribution in [0.3, 0.4) is 0 Å². The molecule has 0 radical (unpaired) electrons. The molecule has 7 heteroatoms. The Hall–Kier alpha value is -3.87. The van der Waals surface area contributed by atoms with Crippen LogP contribution < -0.4 is 14.8 Å². The highest BCUT2D eigenvalue weighted by Gasteiger charge is 2.16. The molecule has 1 N–H and O–H groups in total. The fraction of sp³-hybridized carbons (Fsp3) is 0.269. The summed E-state index contributed by atoms with van der Waals surface area (Å²) in [5.74, 6) is 1.48. The Kier molecular flexibility index (Phi) is 6.58. The van der Waals surface area contributed by atoms with Gasteiger partial charge in [-0.2, -0.15) is 5.10 Å². The van der Waals surface area contributed by atoms with Crippen LogP contribution in [0.4, 0.5) is 0 Å². The summed E-state index contributed by atoms with van der Waals surface area (Å²) in [6.45, 7) is 4.41. The summed E-state index contributed by atoms with van der Waals surface area (Å²) in [5, 5.41) is 7.73. The van der Waals surface area contributed by atoms with Gasteiger partial charge in [-0.1, -0.05) is 30.3 Å². The van der Waals surface area contributed by atoms with E-state index in [1.54, 1.807) is 14.2 Å². The molecule has 0 aliphatic rings. The van der Waals surface area contributed by atoms with E-state index in [4.69, 9.17) is 19.6 Å². The summed E-state index contributed by atoms with van der Waals surface area (Å²) in [6.07, 6.45) is 0.886. The first kappa shape index (κ1) is 22.3. The fourth-order valence-corrected chi connectivity index (χ4v) is 3.97. The summed E-state index contributed by atoms with van der Waals surface area (Å²) >= 11 is 0. The lowest BCUT2D eigenvalue weighted by atomic mass is 10.1. The molecule has 4 rings (SSSR count). The van der Waals surface area contributed by atoms with Gasteiger partial charge in [-0.05, 0) is 44.0 Å². The van der Waals surface area contributed by atoms with Gasteiger partial charge in [0.25, 0.3) is 0 Å². The maximum Gasteiger partial charge on any atom is 0.224 e. The Bertz CT molecular complexity index is 1280. The van der Waals surface area contributed by atoms with E-state index in [0.29, 0.717) is 13.0 Å². The quantitative estimate of drug-likeness (QED) is 0.446. The lowest BCUT2D eigenvalue weighted by molar-refractivity contribution is -0.120. The number of nitrogens with one attached hydrogen (secondary N) is 1. The van der Waals surface area contributed by atoms with E-state index in [1.165, 1.54) is 0 Å². The molecule has 0 spiro atoms. The number of carbonyl (C=O) groups excluding carboxylic acids is 1. The Morgan fingerprint density at radius 1 is 1.03 bits per heavy atom. The zero-order valence-electron chi connectivity index (χ0n) is 19.4. The number of ether oxygens (including phenoxy) is 2. The average Bonchev–Trinajstić information content (AvgIpc) is 3.26. The normalized spacial score (nSPS) is 10.9. The standard InChI is InChI=1S/C26H28N4O3/c1-17-22(15-26(31)27-13-12-20-14-21(32-3)10-11-24(20)33-4)18(2)30-25(28-17)16-23(29-30)19-8-6-5-7-9-19/h5-11,14,16H,12-13,15H2,1-4H3,(H,27,31). The van der Waals surface area contributed by atoms with Crippen molar-refractivity contribution in [1.29, 1.82) is 0 Å². The Balaban J connectivity index is 1.47. The summed E-state index contributed by atoms with van der Waals surface area (Å²) in [6, 6.07) is 17.6. The first-order valence-electron chi connectivity index (χ1n) is 10.9. The number of methoxy groups -OCH3 is 2. The number of benzene rings is 2. The van der Waals surface area contributed by atoms with E-state index < -0.39 is 0 Å². The lowest BCUT2D eigenvalue weighted by Gasteiger charge is -2.13. The molecule has 7 nitrogen and oxygen atoms in total. The van der Waals surface area contributed by atoms with Gasteiger partial charge >= 0.3 is 0 Å². The van der Waals surface area contributed by atoms with Crippen molar-refractivity contribution in [1.82, 2.24) is 19.9 Å². The minimum absolute atomic E-state index is 0.0559. The first-order valence-corrected chi connectivity index (χ1v) is 10.9. The second-order valence-electron chi connectivity index (χ2n) is 7.88. The van der Waals surface area contributed by atoms with Crippen LogP contribution in [-0.2, 0) is 17.6 Å². The van der Waals surface area contributed by atoms with Crippen LogP contribution in [0.2, 0.25) is 0 Å². The van der Waals surface area contributed by atoms with E-state index >= 15 is 0 Å². The third-order valence-corrected chi connectivity index (χ3v) is 5.77. The molecule has 0 aliphatic carbocycles. The van der Waals surface area contributed by atoms with Crippen molar-refractivity contribution >= 4 is 11.6 Å². The lowest BCUT2D eigenvalue weighted by Crippen LogP contribution is -2.28. The first-order chi connectivity index (χ1) is 16.0. The van der Waals surface area contributed by atoms with Crippen molar-refractivity contribution in [2.45, 2.75) is 26.7 Å². The van der Waals surface area contributed by atoms with Gasteiger partial charge < -0.3 is 14.8 Å². The molecule has 4 aromatic rings. The topological polar surface area (TPSA) is 77.8 Å². The number of hydrogen-bond acceptors (Lipinski definition) is 5. The van der Waals surface area contributed by atoms with E-state index in [2.05, 4.69) is 5.32 Å². The van der Waals surface area contributed by atoms with Crippen LogP contribution in [0.25, 0.3) is 16.9 Å². The molecule has 0 bridgehead atoms. The molecular weight excluding hydrogens is 416 g/mol. The molecule has 0 fully saturated rings. The third kappa shape index (κ3) is 4.82. The highest BCUT2D eigenvalue weighted by Crippen LogP contribution is 2.24. The number of rotatable bonds is 8. The number of aromatic nitrogens is 3. The van der Waals surface area contributed by atoms with Gasteiger partial charge in [-0.3, -0.25) is 4.79 Å². The smallest absolute Gasteiger partial charge is 0.224 e. The molecular formula is C26H28N4O3. The second kappa shape index (κ2) is 9.73. The third-order valence-electron chi connectivity index (χ3n) is 5.77. The molecule has 0 atom stereocenters. The monoisotopic (exact) mass is 444 g/mol. The summed E-state index contributed by atoms with van der Waals surface area (Å²) in [5.41, 5.74) is 6.30. The highest BCUT2D eigenvalue weighted by atomic mass is 16.5. The van der Waals surface area contributed by atoms with E-state index in [1.807, 2.05) is 73.0 Å². The van der Waals surface area contributed by atoms with Crippen molar-refractivity contribution in [2.24, 2.45) is 0 Å². The molecule has 0 saturated heterocycles. The summed E-state index contributed by atoms with van der Waals surface area (Å²) in [7, 11) is 3.27. The van der Waals surface area contributed by atoms with Crippen LogP contribution in [0.15, 0.2) is 54.6 Å². The van der Waals surface area contributed by atoms with E-state index in [-0.39, 0.29) is 12.3 Å². The number of hydrogen-bond donors (Lipinski definition) is 1. The molecule has 0 unspecified atom stereocenters. The molecule has 2 heterocycles.